The number of ether oxygens (including phenoxy) is 1. The van der Waals surface area contributed by atoms with Crippen molar-refractivity contribution in [3.05, 3.63) is 108 Å². The van der Waals surface area contributed by atoms with Gasteiger partial charge in [-0.05, 0) is 29.5 Å². The molecule has 3 aromatic rings. The van der Waals surface area contributed by atoms with E-state index in [2.05, 4.69) is 41.7 Å². The summed E-state index contributed by atoms with van der Waals surface area (Å²) in [7, 11) is 1.39. The van der Waals surface area contributed by atoms with Gasteiger partial charge in [-0.15, -0.1) is 0 Å². The number of carbonyl (C=O) groups is 1. The zero-order chi connectivity index (χ0) is 20.5. The number of hydrogen-bond acceptors (Lipinski definition) is 4. The van der Waals surface area contributed by atoms with E-state index < -0.39 is 11.6 Å². The highest BCUT2D eigenvalue weighted by atomic mass is 16.5. The first kappa shape index (κ1) is 20.8. The van der Waals surface area contributed by atoms with Gasteiger partial charge in [0.1, 0.15) is 6.04 Å². The second-order valence-corrected chi connectivity index (χ2v) is 6.93. The Hall–Kier alpha value is -2.95. The van der Waals surface area contributed by atoms with Crippen LogP contribution in [0.4, 0.5) is 0 Å². The molecule has 0 aliphatic heterocycles. The highest BCUT2D eigenvalue weighted by Crippen LogP contribution is 2.37. The maximum absolute atomic E-state index is 12.6. The molecule has 29 heavy (non-hydrogen) atoms. The minimum Gasteiger partial charge on any atom is -0.468 e. The summed E-state index contributed by atoms with van der Waals surface area (Å²) in [4.78, 5) is 12.6. The first-order valence-corrected chi connectivity index (χ1v) is 9.85. The highest BCUT2D eigenvalue weighted by molar-refractivity contribution is 5.76. The average Bonchev–Trinajstić information content (AvgIpc) is 2.81. The van der Waals surface area contributed by atoms with E-state index in [4.69, 9.17) is 4.74 Å². The summed E-state index contributed by atoms with van der Waals surface area (Å²) in [6, 6.07) is 29.7. The van der Waals surface area contributed by atoms with Crippen LogP contribution in [0, 0.1) is 0 Å². The number of esters is 1. The molecule has 3 aromatic carbocycles. The third-order valence-corrected chi connectivity index (χ3v) is 5.15. The molecule has 150 valence electrons. The summed E-state index contributed by atoms with van der Waals surface area (Å²) in [6.07, 6.45) is 0.971. The Morgan fingerprint density at radius 1 is 0.862 bits per heavy atom. The van der Waals surface area contributed by atoms with Crippen LogP contribution in [-0.4, -0.2) is 30.8 Å². The molecule has 0 bridgehead atoms. The highest BCUT2D eigenvalue weighted by Gasteiger charge is 2.39. The molecule has 0 amide bonds. The van der Waals surface area contributed by atoms with Crippen LogP contribution in [0.2, 0.25) is 0 Å². The predicted molar refractivity (Wildman–Crippen MR) is 114 cm³/mol. The van der Waals surface area contributed by atoms with E-state index in [1.54, 1.807) is 0 Å². The fourth-order valence-electron chi connectivity index (χ4n) is 3.76. The van der Waals surface area contributed by atoms with Crippen LogP contribution in [0.3, 0.4) is 0 Å². The second kappa shape index (κ2) is 10.0. The van der Waals surface area contributed by atoms with E-state index >= 15 is 0 Å². The quantitative estimate of drug-likeness (QED) is 0.431. The average molecular weight is 389 g/mol. The largest absolute Gasteiger partial charge is 0.468 e. The Bertz CT molecular complexity index is 785. The summed E-state index contributed by atoms with van der Waals surface area (Å²) in [5.41, 5.74) is 2.32. The standard InChI is InChI=1S/C25H27NO3/c1-29-24(28)23(18-11-19-27)26-25(20-12-5-2-6-13-20,21-14-7-3-8-15-21)22-16-9-4-10-17-22/h2-10,12-17,23,26-27H,11,18-19H2,1H3/t23-/m1/s1. The smallest absolute Gasteiger partial charge is 0.322 e. The van der Waals surface area contributed by atoms with Crippen molar-refractivity contribution in [2.75, 3.05) is 13.7 Å². The van der Waals surface area contributed by atoms with Gasteiger partial charge in [-0.3, -0.25) is 10.1 Å². The van der Waals surface area contributed by atoms with Gasteiger partial charge in [-0.1, -0.05) is 91.0 Å². The Kier molecular flexibility index (Phi) is 7.17. The van der Waals surface area contributed by atoms with Gasteiger partial charge in [0, 0.05) is 6.61 Å². The Morgan fingerprint density at radius 2 is 1.28 bits per heavy atom. The maximum atomic E-state index is 12.6. The zero-order valence-electron chi connectivity index (χ0n) is 16.6. The van der Waals surface area contributed by atoms with Gasteiger partial charge in [-0.2, -0.15) is 0 Å². The molecular formula is C25H27NO3. The summed E-state index contributed by atoms with van der Waals surface area (Å²) in [5, 5.41) is 13.0. The Labute approximate surface area is 172 Å². The number of aliphatic hydroxyl groups excluding tert-OH is 1. The first-order valence-electron chi connectivity index (χ1n) is 9.85. The van der Waals surface area contributed by atoms with Crippen LogP contribution < -0.4 is 5.32 Å². The summed E-state index contributed by atoms with van der Waals surface area (Å²) in [5.74, 6) is -0.342. The molecule has 0 saturated carbocycles. The fourth-order valence-corrected chi connectivity index (χ4v) is 3.76. The Morgan fingerprint density at radius 3 is 1.62 bits per heavy atom. The molecule has 0 saturated heterocycles. The lowest BCUT2D eigenvalue weighted by molar-refractivity contribution is -0.143. The van der Waals surface area contributed by atoms with Crippen molar-refractivity contribution < 1.29 is 14.6 Å². The molecule has 0 aliphatic carbocycles. The third kappa shape index (κ3) is 4.56. The normalized spacial score (nSPS) is 12.3. The molecule has 0 heterocycles. The van der Waals surface area contributed by atoms with Gasteiger partial charge in [0.2, 0.25) is 0 Å². The molecule has 0 radical (unpaired) electrons. The van der Waals surface area contributed by atoms with E-state index in [1.807, 2.05) is 54.6 Å². The molecule has 2 N–H and O–H groups in total. The van der Waals surface area contributed by atoms with E-state index in [-0.39, 0.29) is 12.6 Å². The maximum Gasteiger partial charge on any atom is 0.322 e. The van der Waals surface area contributed by atoms with Crippen LogP contribution in [0.15, 0.2) is 91.0 Å². The van der Waals surface area contributed by atoms with Crippen molar-refractivity contribution in [3.8, 4) is 0 Å². The molecule has 4 nitrogen and oxygen atoms in total. The van der Waals surface area contributed by atoms with Crippen LogP contribution >= 0.6 is 0 Å². The number of carbonyl (C=O) groups excluding carboxylic acids is 1. The number of nitrogens with one attached hydrogen (secondary N) is 1. The molecule has 0 aromatic heterocycles. The molecule has 3 rings (SSSR count). The van der Waals surface area contributed by atoms with Crippen molar-refractivity contribution in [2.24, 2.45) is 0 Å². The zero-order valence-corrected chi connectivity index (χ0v) is 16.6. The molecular weight excluding hydrogens is 362 g/mol. The first-order chi connectivity index (χ1) is 14.2. The van der Waals surface area contributed by atoms with Crippen molar-refractivity contribution in [3.63, 3.8) is 0 Å². The number of benzene rings is 3. The van der Waals surface area contributed by atoms with E-state index in [9.17, 15) is 9.90 Å². The van der Waals surface area contributed by atoms with Gasteiger partial charge in [0.25, 0.3) is 0 Å². The van der Waals surface area contributed by atoms with Gasteiger partial charge < -0.3 is 9.84 Å². The molecule has 0 unspecified atom stereocenters. The topological polar surface area (TPSA) is 58.6 Å². The number of aliphatic hydroxyl groups is 1. The van der Waals surface area contributed by atoms with Crippen LogP contribution in [0.1, 0.15) is 29.5 Å². The summed E-state index contributed by atoms with van der Waals surface area (Å²) < 4.78 is 5.08. The molecule has 0 spiro atoms. The summed E-state index contributed by atoms with van der Waals surface area (Å²) >= 11 is 0. The van der Waals surface area contributed by atoms with Crippen molar-refractivity contribution in [1.82, 2.24) is 5.32 Å². The third-order valence-electron chi connectivity index (χ3n) is 5.15. The predicted octanol–water partition coefficient (Wildman–Crippen LogP) is 3.88. The SMILES string of the molecule is COC(=O)[C@@H](CCCO)NC(c1ccccc1)(c1ccccc1)c1ccccc1. The van der Waals surface area contributed by atoms with Gasteiger partial charge >= 0.3 is 5.97 Å². The summed E-state index contributed by atoms with van der Waals surface area (Å²) in [6.45, 7) is 0.0180. The number of rotatable bonds is 9. The van der Waals surface area contributed by atoms with E-state index in [0.717, 1.165) is 16.7 Å². The molecule has 4 heteroatoms. The number of methoxy groups -OCH3 is 1. The Balaban J connectivity index is 2.23. The molecule has 0 aliphatic rings. The fraction of sp³-hybridized carbons (Fsp3) is 0.240. The van der Waals surface area contributed by atoms with Gasteiger partial charge in [0.15, 0.2) is 0 Å². The molecule has 0 fully saturated rings. The van der Waals surface area contributed by atoms with Crippen molar-refractivity contribution in [1.29, 1.82) is 0 Å². The van der Waals surface area contributed by atoms with E-state index in [0.29, 0.717) is 12.8 Å². The second-order valence-electron chi connectivity index (χ2n) is 6.93. The lowest BCUT2D eigenvalue weighted by Gasteiger charge is -2.39. The van der Waals surface area contributed by atoms with E-state index in [1.165, 1.54) is 7.11 Å². The lowest BCUT2D eigenvalue weighted by atomic mass is 9.76. The van der Waals surface area contributed by atoms with Crippen molar-refractivity contribution in [2.45, 2.75) is 24.4 Å². The number of hydrogen-bond donors (Lipinski definition) is 2. The van der Waals surface area contributed by atoms with Crippen LogP contribution in [-0.2, 0) is 15.1 Å². The van der Waals surface area contributed by atoms with Crippen LogP contribution in [0.5, 0.6) is 0 Å². The van der Waals surface area contributed by atoms with Crippen molar-refractivity contribution >= 4 is 5.97 Å². The van der Waals surface area contributed by atoms with Gasteiger partial charge in [0.05, 0.1) is 12.6 Å². The monoisotopic (exact) mass is 389 g/mol. The van der Waals surface area contributed by atoms with Gasteiger partial charge in [-0.25, -0.2) is 0 Å². The molecule has 1 atom stereocenters. The lowest BCUT2D eigenvalue weighted by Crippen LogP contribution is -2.53. The minimum absolute atomic E-state index is 0.0180. The minimum atomic E-state index is -0.752. The van der Waals surface area contributed by atoms with Crippen LogP contribution in [0.25, 0.3) is 0 Å².